The minimum atomic E-state index is 0.318. The number of unbranched alkanes of at least 4 members (excludes halogenated alkanes) is 1. The summed E-state index contributed by atoms with van der Waals surface area (Å²) in [5, 5.41) is 0. The Bertz CT molecular complexity index is 119. The third-order valence-corrected chi connectivity index (χ3v) is 1.71. The van der Waals surface area contributed by atoms with E-state index in [9.17, 15) is 4.79 Å². The van der Waals surface area contributed by atoms with Crippen LogP contribution in [0.1, 0.15) is 53.4 Å². The molecule has 0 saturated carbocycles. The average molecular weight is 156 g/mol. The SMILES string of the molecule is CC(=O)CCCCC(C)(C)C. The molecule has 66 valence electrons. The van der Waals surface area contributed by atoms with Gasteiger partial charge in [-0.3, -0.25) is 0 Å². The molecule has 0 unspecified atom stereocenters. The standard InChI is InChI=1S/C10H20O/c1-9(11)7-5-6-8-10(2,3)4/h5-8H2,1-4H3. The number of carbonyl (C=O) groups is 1. The van der Waals surface area contributed by atoms with Crippen molar-refractivity contribution < 1.29 is 4.79 Å². The van der Waals surface area contributed by atoms with Crippen LogP contribution in [0, 0.1) is 5.41 Å². The summed E-state index contributed by atoms with van der Waals surface area (Å²) in [4.78, 5) is 10.6. The van der Waals surface area contributed by atoms with Crippen LogP contribution in [0.15, 0.2) is 0 Å². The summed E-state index contributed by atoms with van der Waals surface area (Å²) in [6.45, 7) is 8.37. The van der Waals surface area contributed by atoms with Crippen molar-refractivity contribution in [1.29, 1.82) is 0 Å². The summed E-state index contributed by atoms with van der Waals surface area (Å²) < 4.78 is 0. The van der Waals surface area contributed by atoms with Crippen LogP contribution in [0.25, 0.3) is 0 Å². The Morgan fingerprint density at radius 1 is 1.18 bits per heavy atom. The van der Waals surface area contributed by atoms with Crippen LogP contribution in [0.3, 0.4) is 0 Å². The normalized spacial score (nSPS) is 11.6. The molecule has 1 heteroatoms. The molecular formula is C10H20O. The Balaban J connectivity index is 3.22. The van der Waals surface area contributed by atoms with Gasteiger partial charge in [-0.2, -0.15) is 0 Å². The van der Waals surface area contributed by atoms with Gasteiger partial charge in [-0.05, 0) is 25.2 Å². The predicted octanol–water partition coefficient (Wildman–Crippen LogP) is 3.18. The zero-order valence-electron chi connectivity index (χ0n) is 8.24. The van der Waals surface area contributed by atoms with Gasteiger partial charge >= 0.3 is 0 Å². The van der Waals surface area contributed by atoms with Crippen molar-refractivity contribution in [3.05, 3.63) is 0 Å². The van der Waals surface area contributed by atoms with E-state index in [4.69, 9.17) is 0 Å². The molecule has 0 aliphatic heterocycles. The fourth-order valence-electron chi connectivity index (χ4n) is 1.03. The zero-order valence-corrected chi connectivity index (χ0v) is 8.24. The van der Waals surface area contributed by atoms with Gasteiger partial charge in [-0.1, -0.05) is 27.2 Å². The van der Waals surface area contributed by atoms with E-state index in [0.29, 0.717) is 11.2 Å². The molecule has 0 aliphatic rings. The molecule has 0 amide bonds. The van der Waals surface area contributed by atoms with E-state index < -0.39 is 0 Å². The van der Waals surface area contributed by atoms with Gasteiger partial charge in [0.25, 0.3) is 0 Å². The number of hydrogen-bond donors (Lipinski definition) is 0. The van der Waals surface area contributed by atoms with Gasteiger partial charge in [-0.25, -0.2) is 0 Å². The number of hydrogen-bond acceptors (Lipinski definition) is 1. The van der Waals surface area contributed by atoms with E-state index in [1.165, 1.54) is 12.8 Å². The quantitative estimate of drug-likeness (QED) is 0.571. The lowest BCUT2D eigenvalue weighted by Gasteiger charge is -2.17. The van der Waals surface area contributed by atoms with Gasteiger partial charge in [0, 0.05) is 6.42 Å². The van der Waals surface area contributed by atoms with Crippen molar-refractivity contribution in [1.82, 2.24) is 0 Å². The first-order valence-corrected chi connectivity index (χ1v) is 4.41. The molecule has 0 radical (unpaired) electrons. The van der Waals surface area contributed by atoms with Crippen LogP contribution in [-0.4, -0.2) is 5.78 Å². The molecule has 0 aromatic carbocycles. The monoisotopic (exact) mass is 156 g/mol. The Morgan fingerprint density at radius 3 is 2.09 bits per heavy atom. The predicted molar refractivity (Wildman–Crippen MR) is 48.6 cm³/mol. The van der Waals surface area contributed by atoms with Gasteiger partial charge in [0.15, 0.2) is 0 Å². The Hall–Kier alpha value is -0.330. The highest BCUT2D eigenvalue weighted by Crippen LogP contribution is 2.21. The number of ketones is 1. The van der Waals surface area contributed by atoms with Crippen molar-refractivity contribution in [2.45, 2.75) is 53.4 Å². The molecule has 11 heavy (non-hydrogen) atoms. The Morgan fingerprint density at radius 2 is 1.73 bits per heavy atom. The van der Waals surface area contributed by atoms with Gasteiger partial charge in [0.1, 0.15) is 5.78 Å². The zero-order chi connectivity index (χ0) is 8.91. The summed E-state index contributed by atoms with van der Waals surface area (Å²) in [7, 11) is 0. The van der Waals surface area contributed by atoms with E-state index >= 15 is 0 Å². The molecule has 0 bridgehead atoms. The smallest absolute Gasteiger partial charge is 0.129 e. The molecule has 0 aromatic heterocycles. The molecule has 0 N–H and O–H groups in total. The summed E-state index contributed by atoms with van der Waals surface area (Å²) in [5.41, 5.74) is 0.427. The highest BCUT2D eigenvalue weighted by Gasteiger charge is 2.08. The minimum absolute atomic E-state index is 0.318. The molecule has 0 aromatic rings. The Kier molecular flexibility index (Phi) is 4.39. The lowest BCUT2D eigenvalue weighted by atomic mass is 9.89. The summed E-state index contributed by atoms with van der Waals surface area (Å²) >= 11 is 0. The molecule has 0 aliphatic carbocycles. The summed E-state index contributed by atoms with van der Waals surface area (Å²) in [5.74, 6) is 0.318. The topological polar surface area (TPSA) is 17.1 Å². The maximum absolute atomic E-state index is 10.6. The van der Waals surface area contributed by atoms with Gasteiger partial charge in [0.2, 0.25) is 0 Å². The van der Waals surface area contributed by atoms with Crippen molar-refractivity contribution >= 4 is 5.78 Å². The highest BCUT2D eigenvalue weighted by atomic mass is 16.1. The minimum Gasteiger partial charge on any atom is -0.300 e. The van der Waals surface area contributed by atoms with E-state index in [-0.39, 0.29) is 0 Å². The van der Waals surface area contributed by atoms with E-state index in [2.05, 4.69) is 20.8 Å². The Labute approximate surface area is 70.2 Å². The van der Waals surface area contributed by atoms with Crippen LogP contribution >= 0.6 is 0 Å². The van der Waals surface area contributed by atoms with Crippen LogP contribution in [-0.2, 0) is 4.79 Å². The first kappa shape index (κ1) is 10.7. The maximum Gasteiger partial charge on any atom is 0.129 e. The molecule has 1 nitrogen and oxygen atoms in total. The molecule has 0 saturated heterocycles. The number of rotatable bonds is 4. The van der Waals surface area contributed by atoms with Crippen LogP contribution in [0.5, 0.6) is 0 Å². The van der Waals surface area contributed by atoms with Crippen molar-refractivity contribution in [3.8, 4) is 0 Å². The van der Waals surface area contributed by atoms with Crippen LogP contribution in [0.4, 0.5) is 0 Å². The second-order valence-electron chi connectivity index (χ2n) is 4.47. The van der Waals surface area contributed by atoms with E-state index in [0.717, 1.165) is 12.8 Å². The molecule has 0 fully saturated rings. The number of carbonyl (C=O) groups excluding carboxylic acids is 1. The van der Waals surface area contributed by atoms with Gasteiger partial charge in [-0.15, -0.1) is 0 Å². The molecular weight excluding hydrogens is 136 g/mol. The first-order valence-electron chi connectivity index (χ1n) is 4.41. The largest absolute Gasteiger partial charge is 0.300 e. The lowest BCUT2D eigenvalue weighted by molar-refractivity contribution is -0.117. The first-order chi connectivity index (χ1) is 4.92. The second kappa shape index (κ2) is 4.53. The fraction of sp³-hybridized carbons (Fsp3) is 0.900. The molecule has 0 spiro atoms. The third kappa shape index (κ3) is 9.67. The van der Waals surface area contributed by atoms with Crippen molar-refractivity contribution in [2.24, 2.45) is 5.41 Å². The fourth-order valence-corrected chi connectivity index (χ4v) is 1.03. The maximum atomic E-state index is 10.6. The third-order valence-electron chi connectivity index (χ3n) is 1.71. The van der Waals surface area contributed by atoms with Crippen LogP contribution < -0.4 is 0 Å². The van der Waals surface area contributed by atoms with E-state index in [1.54, 1.807) is 6.92 Å². The van der Waals surface area contributed by atoms with Gasteiger partial charge in [0.05, 0.1) is 0 Å². The second-order valence-corrected chi connectivity index (χ2v) is 4.47. The lowest BCUT2D eigenvalue weighted by Crippen LogP contribution is -2.04. The van der Waals surface area contributed by atoms with E-state index in [1.807, 2.05) is 0 Å². The molecule has 0 rings (SSSR count). The number of Topliss-reactive ketones (excluding diaryl/α,β-unsaturated/α-hetero) is 1. The van der Waals surface area contributed by atoms with Gasteiger partial charge < -0.3 is 4.79 Å². The van der Waals surface area contributed by atoms with Crippen LogP contribution in [0.2, 0.25) is 0 Å². The average Bonchev–Trinajstić information content (AvgIpc) is 1.78. The summed E-state index contributed by atoms with van der Waals surface area (Å²) in [6.07, 6.45) is 4.23. The highest BCUT2D eigenvalue weighted by molar-refractivity contribution is 5.75. The molecule has 0 heterocycles. The molecule has 0 atom stereocenters. The van der Waals surface area contributed by atoms with Crippen molar-refractivity contribution in [3.63, 3.8) is 0 Å². The summed E-state index contributed by atoms with van der Waals surface area (Å²) in [6, 6.07) is 0. The van der Waals surface area contributed by atoms with Crippen molar-refractivity contribution in [2.75, 3.05) is 0 Å².